The third-order valence-corrected chi connectivity index (χ3v) is 5.53. The molecule has 1 aromatic rings. The fourth-order valence-corrected chi connectivity index (χ4v) is 4.08. The number of nitrogens with zero attached hydrogens (tertiary/aromatic N) is 1. The van der Waals surface area contributed by atoms with Crippen LogP contribution in [0.3, 0.4) is 0 Å². The van der Waals surface area contributed by atoms with E-state index in [0.717, 1.165) is 11.3 Å². The maximum absolute atomic E-state index is 12.4. The Morgan fingerprint density at radius 1 is 1.44 bits per heavy atom. The first-order valence-corrected chi connectivity index (χ1v) is 7.76. The first kappa shape index (κ1) is 15.3. The van der Waals surface area contributed by atoms with E-state index in [-0.39, 0.29) is 18.2 Å². The SMILES string of the molecule is CCOP(=O)(OCC)[C@H](N)c1ccc([N+](=O)[O-])s1. The van der Waals surface area contributed by atoms with Gasteiger partial charge in [-0.05, 0) is 19.9 Å². The Morgan fingerprint density at radius 2 is 2.00 bits per heavy atom. The highest BCUT2D eigenvalue weighted by molar-refractivity contribution is 7.54. The van der Waals surface area contributed by atoms with Gasteiger partial charge in [0.15, 0.2) is 0 Å². The molecule has 102 valence electrons. The summed E-state index contributed by atoms with van der Waals surface area (Å²) in [7, 11) is -3.48. The molecule has 18 heavy (non-hydrogen) atoms. The Labute approximate surface area is 109 Å². The molecule has 2 N–H and O–H groups in total. The van der Waals surface area contributed by atoms with Crippen molar-refractivity contribution < 1.29 is 18.5 Å². The maximum Gasteiger partial charge on any atom is 0.352 e. The molecule has 1 heterocycles. The van der Waals surface area contributed by atoms with Crippen LogP contribution in [0, 0.1) is 10.1 Å². The minimum atomic E-state index is -3.48. The number of rotatable bonds is 7. The zero-order chi connectivity index (χ0) is 13.8. The molecule has 0 aliphatic rings. The van der Waals surface area contributed by atoms with Crippen molar-refractivity contribution in [1.29, 1.82) is 0 Å². The molecular formula is C9H15N2O5PS. The van der Waals surface area contributed by atoms with Gasteiger partial charge in [-0.3, -0.25) is 14.7 Å². The highest BCUT2D eigenvalue weighted by atomic mass is 32.1. The molecule has 0 fully saturated rings. The van der Waals surface area contributed by atoms with Crippen LogP contribution in [0.15, 0.2) is 12.1 Å². The van der Waals surface area contributed by atoms with Crippen LogP contribution in [0.4, 0.5) is 5.00 Å². The molecule has 0 saturated carbocycles. The van der Waals surface area contributed by atoms with Crippen LogP contribution in [0.25, 0.3) is 0 Å². The third kappa shape index (κ3) is 3.37. The lowest BCUT2D eigenvalue weighted by Crippen LogP contribution is -2.13. The molecule has 0 aliphatic carbocycles. The van der Waals surface area contributed by atoms with Gasteiger partial charge in [0.25, 0.3) is 0 Å². The lowest BCUT2D eigenvalue weighted by atomic mass is 10.5. The predicted molar refractivity (Wildman–Crippen MR) is 68.8 cm³/mol. The van der Waals surface area contributed by atoms with Crippen LogP contribution in [0.1, 0.15) is 24.5 Å². The molecule has 0 radical (unpaired) electrons. The van der Waals surface area contributed by atoms with Crippen molar-refractivity contribution >= 4 is 23.9 Å². The van der Waals surface area contributed by atoms with Gasteiger partial charge < -0.3 is 14.8 Å². The summed E-state index contributed by atoms with van der Waals surface area (Å²) in [4.78, 5) is 10.5. The molecule has 1 atom stereocenters. The molecule has 0 aliphatic heterocycles. The summed E-state index contributed by atoms with van der Waals surface area (Å²) in [5.74, 6) is -1.00. The first-order chi connectivity index (χ1) is 8.44. The van der Waals surface area contributed by atoms with E-state index in [1.807, 2.05) is 0 Å². The van der Waals surface area contributed by atoms with E-state index in [9.17, 15) is 14.7 Å². The van der Waals surface area contributed by atoms with Crippen LogP contribution >= 0.6 is 18.9 Å². The average molecular weight is 294 g/mol. The van der Waals surface area contributed by atoms with Crippen LogP contribution in [-0.4, -0.2) is 18.1 Å². The van der Waals surface area contributed by atoms with Crippen LogP contribution in [0.2, 0.25) is 0 Å². The number of nitro groups is 1. The van der Waals surface area contributed by atoms with Crippen molar-refractivity contribution in [3.8, 4) is 0 Å². The van der Waals surface area contributed by atoms with E-state index in [2.05, 4.69) is 0 Å². The molecule has 7 nitrogen and oxygen atoms in total. The normalized spacial score (nSPS) is 13.5. The molecule has 0 spiro atoms. The van der Waals surface area contributed by atoms with E-state index < -0.39 is 18.3 Å². The molecule has 0 saturated heterocycles. The Morgan fingerprint density at radius 3 is 2.39 bits per heavy atom. The van der Waals surface area contributed by atoms with E-state index in [0.29, 0.717) is 4.88 Å². The molecule has 0 aromatic carbocycles. The second-order valence-electron chi connectivity index (χ2n) is 3.25. The summed E-state index contributed by atoms with van der Waals surface area (Å²) in [6.07, 6.45) is 0. The van der Waals surface area contributed by atoms with Crippen LogP contribution in [0.5, 0.6) is 0 Å². The van der Waals surface area contributed by atoms with Crippen molar-refractivity contribution in [3.63, 3.8) is 0 Å². The Bertz CT molecular complexity index is 454. The summed E-state index contributed by atoms with van der Waals surface area (Å²) < 4.78 is 22.6. The van der Waals surface area contributed by atoms with Crippen LogP contribution in [-0.2, 0) is 13.6 Å². The number of thiophene rings is 1. The molecular weight excluding hydrogens is 279 g/mol. The molecule has 1 aromatic heterocycles. The van der Waals surface area contributed by atoms with E-state index in [1.165, 1.54) is 12.1 Å². The Hall–Kier alpha value is -0.790. The van der Waals surface area contributed by atoms with Crippen molar-refractivity contribution in [2.45, 2.75) is 19.6 Å². The van der Waals surface area contributed by atoms with Gasteiger partial charge in [0, 0.05) is 10.9 Å². The summed E-state index contributed by atoms with van der Waals surface area (Å²) in [5, 5.41) is 10.5. The van der Waals surface area contributed by atoms with Gasteiger partial charge in [0.2, 0.25) is 0 Å². The van der Waals surface area contributed by atoms with Gasteiger partial charge in [0.05, 0.1) is 18.1 Å². The van der Waals surface area contributed by atoms with Gasteiger partial charge in [-0.1, -0.05) is 11.3 Å². The van der Waals surface area contributed by atoms with Crippen molar-refractivity contribution in [2.24, 2.45) is 5.73 Å². The predicted octanol–water partition coefficient (Wildman–Crippen LogP) is 2.88. The van der Waals surface area contributed by atoms with Gasteiger partial charge >= 0.3 is 12.6 Å². The fourth-order valence-electron chi connectivity index (χ4n) is 1.31. The van der Waals surface area contributed by atoms with Crippen molar-refractivity contribution in [1.82, 2.24) is 0 Å². The highest BCUT2D eigenvalue weighted by Gasteiger charge is 2.35. The highest BCUT2D eigenvalue weighted by Crippen LogP contribution is 2.59. The standard InChI is InChI=1S/C9H15N2O5PS/c1-3-15-17(14,16-4-2)9(10)7-5-6-8(18-7)11(12)13/h5-6,9H,3-4,10H2,1-2H3/t9-/m0/s1. The van der Waals surface area contributed by atoms with E-state index in [1.54, 1.807) is 13.8 Å². The monoisotopic (exact) mass is 294 g/mol. The Kier molecular flexibility index (Phi) is 5.43. The zero-order valence-electron chi connectivity index (χ0n) is 10.1. The molecule has 0 amide bonds. The summed E-state index contributed by atoms with van der Waals surface area (Å²) in [6, 6.07) is 2.79. The summed E-state index contributed by atoms with van der Waals surface area (Å²) in [5.41, 5.74) is 5.83. The van der Waals surface area contributed by atoms with E-state index >= 15 is 0 Å². The van der Waals surface area contributed by atoms with Gasteiger partial charge in [0.1, 0.15) is 5.78 Å². The lowest BCUT2D eigenvalue weighted by molar-refractivity contribution is -0.380. The van der Waals surface area contributed by atoms with Gasteiger partial charge in [-0.25, -0.2) is 0 Å². The molecule has 0 unspecified atom stereocenters. The third-order valence-electron chi connectivity index (χ3n) is 2.04. The number of hydrogen-bond donors (Lipinski definition) is 1. The van der Waals surface area contributed by atoms with E-state index in [4.69, 9.17) is 14.8 Å². The first-order valence-electron chi connectivity index (χ1n) is 5.33. The second kappa shape index (κ2) is 6.40. The summed E-state index contributed by atoms with van der Waals surface area (Å²) in [6.45, 7) is 3.74. The second-order valence-corrected chi connectivity index (χ2v) is 6.50. The number of hydrogen-bond acceptors (Lipinski definition) is 7. The topological polar surface area (TPSA) is 105 Å². The minimum absolute atomic E-state index is 0.0556. The Balaban J connectivity index is 2.97. The van der Waals surface area contributed by atoms with Crippen molar-refractivity contribution in [3.05, 3.63) is 27.1 Å². The van der Waals surface area contributed by atoms with Gasteiger partial charge in [-0.2, -0.15) is 0 Å². The fraction of sp³-hybridized carbons (Fsp3) is 0.556. The summed E-state index contributed by atoms with van der Waals surface area (Å²) >= 11 is 0.871. The average Bonchev–Trinajstić information content (AvgIpc) is 2.77. The molecule has 9 heteroatoms. The maximum atomic E-state index is 12.4. The zero-order valence-corrected chi connectivity index (χ0v) is 11.8. The largest absolute Gasteiger partial charge is 0.352 e. The minimum Gasteiger partial charge on any atom is -0.313 e. The molecule has 0 bridgehead atoms. The number of nitrogens with two attached hydrogens (primary N) is 1. The van der Waals surface area contributed by atoms with Gasteiger partial charge in [-0.15, -0.1) is 0 Å². The van der Waals surface area contributed by atoms with Crippen LogP contribution < -0.4 is 5.73 Å². The molecule has 1 rings (SSSR count). The smallest absolute Gasteiger partial charge is 0.313 e. The van der Waals surface area contributed by atoms with Crippen molar-refractivity contribution in [2.75, 3.05) is 13.2 Å². The lowest BCUT2D eigenvalue weighted by Gasteiger charge is -2.21. The quantitative estimate of drug-likeness (QED) is 0.471.